The lowest BCUT2D eigenvalue weighted by Crippen LogP contribution is -2.52. The van der Waals surface area contributed by atoms with E-state index in [0.717, 1.165) is 0 Å². The normalized spacial score (nSPS) is 16.6. The van der Waals surface area contributed by atoms with Gasteiger partial charge in [-0.15, -0.1) is 0 Å². The number of para-hydroxylation sites is 2. The van der Waals surface area contributed by atoms with E-state index in [9.17, 15) is 19.5 Å². The molecular formula is C20H20N2O6. The zero-order valence-corrected chi connectivity index (χ0v) is 15.6. The minimum absolute atomic E-state index is 0.00737. The van der Waals surface area contributed by atoms with Gasteiger partial charge in [0.05, 0.1) is 24.0 Å². The highest BCUT2D eigenvalue weighted by Gasteiger charge is 2.37. The van der Waals surface area contributed by atoms with Crippen LogP contribution in [-0.4, -0.2) is 42.1 Å². The van der Waals surface area contributed by atoms with Gasteiger partial charge in [0.2, 0.25) is 5.91 Å². The summed E-state index contributed by atoms with van der Waals surface area (Å²) in [4.78, 5) is 38.2. The van der Waals surface area contributed by atoms with Crippen LogP contribution in [0.5, 0.6) is 11.5 Å². The van der Waals surface area contributed by atoms with Crippen molar-refractivity contribution in [2.24, 2.45) is 0 Å². The van der Waals surface area contributed by atoms with Crippen LogP contribution < -0.4 is 19.7 Å². The number of carboxylic acids is 1. The summed E-state index contributed by atoms with van der Waals surface area (Å²) in [6.07, 6.45) is -0.801. The van der Waals surface area contributed by atoms with Gasteiger partial charge in [0.15, 0.2) is 6.10 Å². The predicted octanol–water partition coefficient (Wildman–Crippen LogP) is 2.53. The van der Waals surface area contributed by atoms with Crippen LogP contribution >= 0.6 is 0 Å². The number of nitrogens with zero attached hydrogens (tertiary/aromatic N) is 1. The van der Waals surface area contributed by atoms with Gasteiger partial charge in [-0.3, -0.25) is 14.5 Å². The third kappa shape index (κ3) is 3.48. The summed E-state index contributed by atoms with van der Waals surface area (Å²) in [6.45, 7) is 3.14. The second-order valence-corrected chi connectivity index (χ2v) is 6.32. The van der Waals surface area contributed by atoms with Gasteiger partial charge < -0.3 is 19.9 Å². The number of benzene rings is 2. The summed E-state index contributed by atoms with van der Waals surface area (Å²) in [6, 6.07) is 10.2. The molecule has 8 nitrogen and oxygen atoms in total. The first-order chi connectivity index (χ1) is 13.3. The monoisotopic (exact) mass is 384 g/mol. The van der Waals surface area contributed by atoms with Gasteiger partial charge in [-0.1, -0.05) is 12.1 Å². The number of fused-ring (bicyclic) bond motifs is 1. The van der Waals surface area contributed by atoms with Crippen molar-refractivity contribution in [3.8, 4) is 11.5 Å². The van der Waals surface area contributed by atoms with E-state index in [4.69, 9.17) is 9.47 Å². The van der Waals surface area contributed by atoms with Crippen molar-refractivity contribution in [3.63, 3.8) is 0 Å². The number of rotatable bonds is 5. The highest BCUT2D eigenvalue weighted by Crippen LogP contribution is 2.36. The van der Waals surface area contributed by atoms with E-state index in [0.29, 0.717) is 17.2 Å². The number of nitrogens with one attached hydrogen (secondary N) is 1. The van der Waals surface area contributed by atoms with Gasteiger partial charge in [0.25, 0.3) is 5.91 Å². The smallest absolute Gasteiger partial charge is 0.335 e. The molecule has 2 aromatic carbocycles. The maximum atomic E-state index is 12.8. The molecule has 28 heavy (non-hydrogen) atoms. The molecule has 0 saturated heterocycles. The second-order valence-electron chi connectivity index (χ2n) is 6.32. The maximum Gasteiger partial charge on any atom is 0.335 e. The number of amides is 2. The number of carboxylic acid groups (broad SMARTS) is 1. The Kier molecular flexibility index (Phi) is 5.21. The molecule has 2 amide bonds. The standard InChI is InChI=1S/C20H20N2O6/c1-11(18(23)21-14-6-4-5-7-16(14)27-3)22-15-10-13(20(25)26)8-9-17(15)28-12(2)19(22)24/h4-12H,1-3H3,(H,21,23)(H,25,26). The van der Waals surface area contributed by atoms with Crippen LogP contribution in [0.2, 0.25) is 0 Å². The van der Waals surface area contributed by atoms with Crippen molar-refractivity contribution in [2.45, 2.75) is 26.0 Å². The third-order valence-electron chi connectivity index (χ3n) is 4.49. The lowest BCUT2D eigenvalue weighted by molar-refractivity contribution is -0.128. The highest BCUT2D eigenvalue weighted by molar-refractivity contribution is 6.08. The third-order valence-corrected chi connectivity index (χ3v) is 4.49. The number of aromatic carboxylic acids is 1. The quantitative estimate of drug-likeness (QED) is 0.821. The second kappa shape index (κ2) is 7.59. The van der Waals surface area contributed by atoms with Gasteiger partial charge in [-0.05, 0) is 44.2 Å². The first-order valence-corrected chi connectivity index (χ1v) is 8.64. The van der Waals surface area contributed by atoms with Crippen LogP contribution in [0.15, 0.2) is 42.5 Å². The van der Waals surface area contributed by atoms with Crippen LogP contribution in [0.4, 0.5) is 11.4 Å². The Hall–Kier alpha value is -3.55. The van der Waals surface area contributed by atoms with Gasteiger partial charge >= 0.3 is 5.97 Å². The Balaban J connectivity index is 1.95. The average molecular weight is 384 g/mol. The molecule has 2 unspecified atom stereocenters. The summed E-state index contributed by atoms with van der Waals surface area (Å²) in [5, 5.41) is 12.0. The van der Waals surface area contributed by atoms with Crippen LogP contribution in [0.3, 0.4) is 0 Å². The minimum atomic E-state index is -1.14. The van der Waals surface area contributed by atoms with E-state index >= 15 is 0 Å². The van der Waals surface area contributed by atoms with Crippen molar-refractivity contribution >= 4 is 29.2 Å². The molecule has 3 rings (SSSR count). The summed E-state index contributed by atoms with van der Waals surface area (Å²) in [5.41, 5.74) is 0.702. The number of anilines is 2. The lowest BCUT2D eigenvalue weighted by Gasteiger charge is -2.36. The molecule has 1 heterocycles. The SMILES string of the molecule is COc1ccccc1NC(=O)C(C)N1C(=O)C(C)Oc2ccc(C(=O)O)cc21. The van der Waals surface area contributed by atoms with Crippen molar-refractivity contribution in [2.75, 3.05) is 17.3 Å². The van der Waals surface area contributed by atoms with Crippen LogP contribution in [0.1, 0.15) is 24.2 Å². The number of carbonyl (C=O) groups is 3. The first-order valence-electron chi connectivity index (χ1n) is 8.64. The van der Waals surface area contributed by atoms with Crippen LogP contribution in [-0.2, 0) is 9.59 Å². The summed E-state index contributed by atoms with van der Waals surface area (Å²) >= 11 is 0. The van der Waals surface area contributed by atoms with Crippen molar-refractivity contribution in [1.82, 2.24) is 0 Å². The van der Waals surface area contributed by atoms with Gasteiger partial charge in [0, 0.05) is 0 Å². The molecule has 0 fully saturated rings. The highest BCUT2D eigenvalue weighted by atomic mass is 16.5. The molecular weight excluding hydrogens is 364 g/mol. The molecule has 146 valence electrons. The van der Waals surface area contributed by atoms with E-state index in [1.54, 1.807) is 38.1 Å². The molecule has 0 spiro atoms. The first kappa shape index (κ1) is 19.2. The molecule has 0 radical (unpaired) electrons. The van der Waals surface area contributed by atoms with Gasteiger partial charge in [0.1, 0.15) is 17.5 Å². The Labute approximate surface area is 161 Å². The largest absolute Gasteiger partial charge is 0.495 e. The summed E-state index contributed by atoms with van der Waals surface area (Å²) in [7, 11) is 1.49. The molecule has 8 heteroatoms. The number of carbonyl (C=O) groups excluding carboxylic acids is 2. The molecule has 0 bridgehead atoms. The minimum Gasteiger partial charge on any atom is -0.495 e. The zero-order valence-electron chi connectivity index (χ0n) is 15.6. The topological polar surface area (TPSA) is 105 Å². The van der Waals surface area contributed by atoms with Gasteiger partial charge in [-0.2, -0.15) is 0 Å². The van der Waals surface area contributed by atoms with Crippen LogP contribution in [0.25, 0.3) is 0 Å². The van der Waals surface area contributed by atoms with Gasteiger partial charge in [-0.25, -0.2) is 4.79 Å². The summed E-state index contributed by atoms with van der Waals surface area (Å²) < 4.78 is 10.8. The van der Waals surface area contributed by atoms with Crippen molar-refractivity contribution in [1.29, 1.82) is 0 Å². The Bertz CT molecular complexity index is 942. The maximum absolute atomic E-state index is 12.8. The Morgan fingerprint density at radius 2 is 1.96 bits per heavy atom. The molecule has 1 aliphatic rings. The van der Waals surface area contributed by atoms with E-state index in [2.05, 4.69) is 5.32 Å². The molecule has 0 aliphatic carbocycles. The molecule has 0 aromatic heterocycles. The molecule has 2 N–H and O–H groups in total. The fourth-order valence-electron chi connectivity index (χ4n) is 3.00. The van der Waals surface area contributed by atoms with E-state index in [1.807, 2.05) is 0 Å². The fraction of sp³-hybridized carbons (Fsp3) is 0.250. The summed E-state index contributed by atoms with van der Waals surface area (Å²) in [5.74, 6) is -1.19. The average Bonchev–Trinajstić information content (AvgIpc) is 2.68. The molecule has 2 aromatic rings. The van der Waals surface area contributed by atoms with E-state index in [-0.39, 0.29) is 11.3 Å². The molecule has 1 aliphatic heterocycles. The number of methoxy groups -OCH3 is 1. The number of ether oxygens (including phenoxy) is 2. The lowest BCUT2D eigenvalue weighted by atomic mass is 10.1. The number of hydrogen-bond donors (Lipinski definition) is 2. The number of hydrogen-bond acceptors (Lipinski definition) is 5. The Morgan fingerprint density at radius 1 is 1.25 bits per heavy atom. The Morgan fingerprint density at radius 3 is 2.64 bits per heavy atom. The van der Waals surface area contributed by atoms with Crippen molar-refractivity contribution < 1.29 is 29.0 Å². The van der Waals surface area contributed by atoms with E-state index < -0.39 is 29.9 Å². The van der Waals surface area contributed by atoms with Crippen LogP contribution in [0, 0.1) is 0 Å². The van der Waals surface area contributed by atoms with E-state index in [1.165, 1.54) is 30.2 Å². The van der Waals surface area contributed by atoms with Crippen molar-refractivity contribution in [3.05, 3.63) is 48.0 Å². The fourth-order valence-corrected chi connectivity index (χ4v) is 3.00. The molecule has 0 saturated carbocycles. The zero-order chi connectivity index (χ0) is 20.4. The predicted molar refractivity (Wildman–Crippen MR) is 102 cm³/mol. The molecule has 2 atom stereocenters.